The highest BCUT2D eigenvalue weighted by Gasteiger charge is 2.31. The van der Waals surface area contributed by atoms with E-state index in [1.807, 2.05) is 25.1 Å². The van der Waals surface area contributed by atoms with E-state index in [9.17, 15) is 9.59 Å². The van der Waals surface area contributed by atoms with Crippen molar-refractivity contribution in [1.82, 2.24) is 14.9 Å². The van der Waals surface area contributed by atoms with E-state index in [1.54, 1.807) is 18.7 Å². The molecule has 0 radical (unpaired) electrons. The highest BCUT2D eigenvalue weighted by molar-refractivity contribution is 6.03. The zero-order valence-electron chi connectivity index (χ0n) is 15.9. The van der Waals surface area contributed by atoms with Gasteiger partial charge in [0.2, 0.25) is 11.5 Å². The largest absolute Gasteiger partial charge is 0.438 e. The fraction of sp³-hybridized carbons (Fsp3) is 0.300. The molecule has 0 saturated heterocycles. The first-order valence-electron chi connectivity index (χ1n) is 8.99. The third kappa shape index (κ3) is 3.06. The summed E-state index contributed by atoms with van der Waals surface area (Å²) in [6.45, 7) is 5.88. The molecule has 0 fully saturated rings. The number of nitrogens with one attached hydrogen (secondary N) is 1. The van der Waals surface area contributed by atoms with Gasteiger partial charge in [-0.2, -0.15) is 0 Å². The summed E-state index contributed by atoms with van der Waals surface area (Å²) in [4.78, 5) is 35.1. The van der Waals surface area contributed by atoms with Crippen LogP contribution in [0.25, 0.3) is 0 Å². The number of aryl methyl sites for hydroxylation is 2. The average Bonchev–Trinajstić information content (AvgIpc) is 3.29. The summed E-state index contributed by atoms with van der Waals surface area (Å²) in [5.74, 6) is -0.0636. The van der Waals surface area contributed by atoms with E-state index in [4.69, 9.17) is 8.83 Å². The van der Waals surface area contributed by atoms with Crippen LogP contribution in [0.4, 0.5) is 5.69 Å². The summed E-state index contributed by atoms with van der Waals surface area (Å²) in [6.07, 6.45) is 3.14. The Hall–Kier alpha value is -3.42. The minimum atomic E-state index is -0.341. The maximum absolute atomic E-state index is 12.9. The van der Waals surface area contributed by atoms with Crippen molar-refractivity contribution in [2.45, 2.75) is 39.8 Å². The Bertz CT molecular complexity index is 1050. The fourth-order valence-corrected chi connectivity index (χ4v) is 3.49. The van der Waals surface area contributed by atoms with Crippen LogP contribution in [0.5, 0.6) is 0 Å². The van der Waals surface area contributed by atoms with E-state index in [-0.39, 0.29) is 29.4 Å². The minimum absolute atomic E-state index is 0.0606. The van der Waals surface area contributed by atoms with E-state index in [1.165, 1.54) is 12.8 Å². The van der Waals surface area contributed by atoms with Gasteiger partial charge in [-0.15, -0.1) is 0 Å². The second-order valence-corrected chi connectivity index (χ2v) is 6.92. The predicted octanol–water partition coefficient (Wildman–Crippen LogP) is 3.12. The molecule has 0 bridgehead atoms. The molecule has 144 valence electrons. The third-order valence-electron chi connectivity index (χ3n) is 5.05. The highest BCUT2D eigenvalue weighted by atomic mass is 16.4. The summed E-state index contributed by atoms with van der Waals surface area (Å²) in [5, 5.41) is 2.91. The van der Waals surface area contributed by atoms with E-state index in [2.05, 4.69) is 15.3 Å². The molecule has 0 spiro atoms. The van der Waals surface area contributed by atoms with Crippen molar-refractivity contribution in [3.63, 3.8) is 0 Å². The van der Waals surface area contributed by atoms with E-state index < -0.39 is 0 Å². The number of nitrogens with zero attached hydrogens (tertiary/aromatic N) is 3. The van der Waals surface area contributed by atoms with E-state index in [0.717, 1.165) is 11.1 Å². The number of hydrogen-bond donors (Lipinski definition) is 1. The fourth-order valence-electron chi connectivity index (χ4n) is 3.49. The number of rotatable bonds is 3. The van der Waals surface area contributed by atoms with Gasteiger partial charge in [-0.3, -0.25) is 9.59 Å². The standard InChI is InChI=1S/C20H20N4O4/c1-11-7-15-14(8-24(11)20(26)18-13(3)22-10-28-18)5-4-6-16(15)23-19(25)17-12(2)21-9-27-17/h4-6,9-11H,7-8H2,1-3H3,(H,23,25). The van der Waals surface area contributed by atoms with Crippen LogP contribution in [-0.4, -0.2) is 32.7 Å². The lowest BCUT2D eigenvalue weighted by molar-refractivity contribution is 0.0624. The van der Waals surface area contributed by atoms with Crippen LogP contribution in [0, 0.1) is 13.8 Å². The normalized spacial score (nSPS) is 16.0. The first kappa shape index (κ1) is 18.0. The van der Waals surface area contributed by atoms with Gasteiger partial charge in [0.25, 0.3) is 11.8 Å². The van der Waals surface area contributed by atoms with Gasteiger partial charge in [-0.25, -0.2) is 9.97 Å². The first-order chi connectivity index (χ1) is 13.5. The quantitative estimate of drug-likeness (QED) is 0.749. The van der Waals surface area contributed by atoms with Crippen LogP contribution < -0.4 is 5.32 Å². The maximum atomic E-state index is 12.9. The van der Waals surface area contributed by atoms with Gasteiger partial charge < -0.3 is 19.1 Å². The molecule has 2 aromatic heterocycles. The van der Waals surface area contributed by atoms with Crippen molar-refractivity contribution in [3.8, 4) is 0 Å². The van der Waals surface area contributed by atoms with Gasteiger partial charge in [-0.05, 0) is 44.4 Å². The third-order valence-corrected chi connectivity index (χ3v) is 5.05. The Labute approximate surface area is 161 Å². The molecule has 28 heavy (non-hydrogen) atoms. The summed E-state index contributed by atoms with van der Waals surface area (Å²) in [5.41, 5.74) is 3.82. The van der Waals surface area contributed by atoms with Gasteiger partial charge >= 0.3 is 0 Å². The molecule has 1 N–H and O–H groups in total. The molecule has 1 unspecified atom stereocenters. The molecule has 3 aromatic rings. The molecule has 4 rings (SSSR count). The molecule has 8 nitrogen and oxygen atoms in total. The lowest BCUT2D eigenvalue weighted by atomic mass is 9.92. The second kappa shape index (κ2) is 6.95. The van der Waals surface area contributed by atoms with Crippen LogP contribution in [0.2, 0.25) is 0 Å². The Balaban J connectivity index is 1.60. The lowest BCUT2D eigenvalue weighted by Crippen LogP contribution is -2.43. The second-order valence-electron chi connectivity index (χ2n) is 6.92. The molecule has 8 heteroatoms. The molecule has 1 aromatic carbocycles. The van der Waals surface area contributed by atoms with Crippen molar-refractivity contribution in [1.29, 1.82) is 0 Å². The molecule has 3 heterocycles. The molecule has 1 aliphatic rings. The molecular formula is C20H20N4O4. The highest BCUT2D eigenvalue weighted by Crippen LogP contribution is 2.31. The molecule has 1 aliphatic heterocycles. The van der Waals surface area contributed by atoms with Crippen LogP contribution in [0.15, 0.2) is 39.8 Å². The van der Waals surface area contributed by atoms with Gasteiger partial charge in [0, 0.05) is 18.3 Å². The Morgan fingerprint density at radius 3 is 2.43 bits per heavy atom. The van der Waals surface area contributed by atoms with Crippen LogP contribution in [0.1, 0.15) is 50.5 Å². The van der Waals surface area contributed by atoms with Crippen LogP contribution >= 0.6 is 0 Å². The number of aromatic nitrogens is 2. The number of hydrogen-bond acceptors (Lipinski definition) is 6. The van der Waals surface area contributed by atoms with Gasteiger partial charge in [-0.1, -0.05) is 12.1 Å². The Morgan fingerprint density at radius 2 is 1.79 bits per heavy atom. The van der Waals surface area contributed by atoms with Gasteiger partial charge in [0.05, 0.1) is 11.4 Å². The molecular weight excluding hydrogens is 360 g/mol. The minimum Gasteiger partial charge on any atom is -0.438 e. The summed E-state index contributed by atoms with van der Waals surface area (Å²) in [7, 11) is 0. The maximum Gasteiger partial charge on any atom is 0.293 e. The SMILES string of the molecule is Cc1ncoc1C(=O)Nc1cccc2c1CC(C)N(C(=O)c1ocnc1C)C2. The number of amides is 2. The lowest BCUT2D eigenvalue weighted by Gasteiger charge is -2.35. The summed E-state index contributed by atoms with van der Waals surface area (Å²) < 4.78 is 10.4. The molecule has 1 atom stereocenters. The summed E-state index contributed by atoms with van der Waals surface area (Å²) in [6, 6.07) is 5.62. The smallest absolute Gasteiger partial charge is 0.293 e. The monoisotopic (exact) mass is 380 g/mol. The Kier molecular flexibility index (Phi) is 4.46. The van der Waals surface area contributed by atoms with Crippen molar-refractivity contribution in [2.75, 3.05) is 5.32 Å². The number of oxazole rings is 2. The molecule has 2 amide bonds. The number of anilines is 1. The van der Waals surface area contributed by atoms with Gasteiger partial charge in [0.15, 0.2) is 12.8 Å². The average molecular weight is 380 g/mol. The van der Waals surface area contributed by atoms with E-state index >= 15 is 0 Å². The number of fused-ring (bicyclic) bond motifs is 1. The number of carbonyl (C=O) groups is 2. The van der Waals surface area contributed by atoms with Crippen molar-refractivity contribution in [3.05, 3.63) is 65.0 Å². The number of benzene rings is 1. The zero-order valence-corrected chi connectivity index (χ0v) is 15.9. The Morgan fingerprint density at radius 1 is 1.11 bits per heavy atom. The molecule has 0 aliphatic carbocycles. The van der Waals surface area contributed by atoms with E-state index in [0.29, 0.717) is 30.0 Å². The van der Waals surface area contributed by atoms with Crippen molar-refractivity contribution >= 4 is 17.5 Å². The van der Waals surface area contributed by atoms with Crippen LogP contribution in [0.3, 0.4) is 0 Å². The predicted molar refractivity (Wildman–Crippen MR) is 99.9 cm³/mol. The zero-order chi connectivity index (χ0) is 19.8. The number of carbonyl (C=O) groups excluding carboxylic acids is 2. The summed E-state index contributed by atoms with van der Waals surface area (Å²) >= 11 is 0. The first-order valence-corrected chi connectivity index (χ1v) is 8.99. The van der Waals surface area contributed by atoms with Crippen molar-refractivity contribution in [2.24, 2.45) is 0 Å². The van der Waals surface area contributed by atoms with Crippen LogP contribution in [-0.2, 0) is 13.0 Å². The van der Waals surface area contributed by atoms with Gasteiger partial charge in [0.1, 0.15) is 0 Å². The van der Waals surface area contributed by atoms with Crippen molar-refractivity contribution < 1.29 is 18.4 Å². The topological polar surface area (TPSA) is 101 Å². The molecule has 0 saturated carbocycles.